The molecule has 2 fully saturated rings. The Morgan fingerprint density at radius 3 is 2.80 bits per heavy atom. The topological polar surface area (TPSA) is 64.0 Å². The molecule has 0 saturated carbocycles. The van der Waals surface area contributed by atoms with Crippen LogP contribution in [-0.2, 0) is 0 Å². The van der Waals surface area contributed by atoms with Gasteiger partial charge in [0.05, 0.1) is 5.02 Å². The fourth-order valence-electron chi connectivity index (χ4n) is 3.07. The first kappa shape index (κ1) is 13.5. The van der Waals surface area contributed by atoms with Crippen LogP contribution in [0.15, 0.2) is 12.1 Å². The largest absolute Gasteiger partial charge is 0.504 e. The zero-order valence-electron chi connectivity index (χ0n) is 11.0. The summed E-state index contributed by atoms with van der Waals surface area (Å²) < 4.78 is 0. The molecule has 1 aromatic rings. The average Bonchev–Trinajstić information content (AvgIpc) is 2.90. The Kier molecular flexibility index (Phi) is 3.48. The number of hydrogen-bond acceptors (Lipinski definition) is 4. The van der Waals surface area contributed by atoms with E-state index in [9.17, 15) is 15.0 Å². The van der Waals surface area contributed by atoms with Gasteiger partial charge in [-0.1, -0.05) is 11.6 Å². The van der Waals surface area contributed by atoms with Crippen LogP contribution >= 0.6 is 11.6 Å². The van der Waals surface area contributed by atoms with Crippen LogP contribution in [0.25, 0.3) is 0 Å². The number of nitrogens with zero attached hydrogens (tertiary/aromatic N) is 2. The fourth-order valence-corrected chi connectivity index (χ4v) is 3.28. The summed E-state index contributed by atoms with van der Waals surface area (Å²) in [6.07, 6.45) is 2.32. The first-order valence-corrected chi connectivity index (χ1v) is 7.19. The van der Waals surface area contributed by atoms with E-state index in [0.29, 0.717) is 18.2 Å². The van der Waals surface area contributed by atoms with Gasteiger partial charge in [-0.15, -0.1) is 0 Å². The monoisotopic (exact) mass is 296 g/mol. The molecule has 2 saturated heterocycles. The van der Waals surface area contributed by atoms with E-state index in [4.69, 9.17) is 11.6 Å². The molecular formula is C14H17ClN2O3. The zero-order valence-corrected chi connectivity index (χ0v) is 11.8. The Morgan fingerprint density at radius 2 is 2.05 bits per heavy atom. The second-order valence-electron chi connectivity index (χ2n) is 5.41. The van der Waals surface area contributed by atoms with Crippen molar-refractivity contribution >= 4 is 17.5 Å². The number of phenolic OH excluding ortho intramolecular Hbond substituents is 2. The number of carbonyl (C=O) groups is 1. The van der Waals surface area contributed by atoms with Crippen molar-refractivity contribution in [3.63, 3.8) is 0 Å². The standard InChI is InChI=1S/C14H17ClN2O3/c15-11-6-9(7-12(18)13(11)19)14(20)17-5-4-16-3-1-2-10(16)8-17/h6-7,10,18-19H,1-5,8H2/t10-/m0/s1. The van der Waals surface area contributed by atoms with Crippen molar-refractivity contribution in [3.05, 3.63) is 22.7 Å². The summed E-state index contributed by atoms with van der Waals surface area (Å²) in [5, 5.41) is 19.0. The minimum atomic E-state index is -0.385. The molecule has 0 spiro atoms. The van der Waals surface area contributed by atoms with Gasteiger partial charge in [-0.2, -0.15) is 0 Å². The number of carbonyl (C=O) groups excluding carboxylic acids is 1. The predicted octanol–water partition coefficient (Wildman–Crippen LogP) is 1.67. The van der Waals surface area contributed by atoms with Crippen molar-refractivity contribution in [1.82, 2.24) is 9.80 Å². The molecule has 6 heteroatoms. The van der Waals surface area contributed by atoms with Crippen molar-refractivity contribution in [3.8, 4) is 11.5 Å². The Morgan fingerprint density at radius 1 is 1.25 bits per heavy atom. The van der Waals surface area contributed by atoms with Gasteiger partial charge in [0.2, 0.25) is 0 Å². The van der Waals surface area contributed by atoms with Crippen LogP contribution in [0.5, 0.6) is 11.5 Å². The van der Waals surface area contributed by atoms with Crippen LogP contribution in [-0.4, -0.2) is 58.1 Å². The minimum absolute atomic E-state index is 0.00662. The first-order chi connectivity index (χ1) is 9.56. The summed E-state index contributed by atoms with van der Waals surface area (Å²) >= 11 is 5.80. The smallest absolute Gasteiger partial charge is 0.254 e. The number of hydrogen-bond donors (Lipinski definition) is 2. The van der Waals surface area contributed by atoms with Crippen LogP contribution in [0, 0.1) is 0 Å². The summed E-state index contributed by atoms with van der Waals surface area (Å²) in [6.45, 7) is 3.43. The number of rotatable bonds is 1. The molecule has 0 aliphatic carbocycles. The zero-order chi connectivity index (χ0) is 14.3. The quantitative estimate of drug-likeness (QED) is 0.774. The molecule has 2 heterocycles. The summed E-state index contributed by atoms with van der Waals surface area (Å²) in [6, 6.07) is 3.12. The third-order valence-corrected chi connectivity index (χ3v) is 4.45. The van der Waals surface area contributed by atoms with Crippen molar-refractivity contribution in [1.29, 1.82) is 0 Å². The highest BCUT2D eigenvalue weighted by molar-refractivity contribution is 6.32. The highest BCUT2D eigenvalue weighted by Gasteiger charge is 2.33. The third kappa shape index (κ3) is 2.31. The van der Waals surface area contributed by atoms with E-state index in [-0.39, 0.29) is 22.4 Å². The molecule has 1 atom stereocenters. The molecule has 1 amide bonds. The lowest BCUT2D eigenvalue weighted by Crippen LogP contribution is -2.52. The normalized spacial score (nSPS) is 22.9. The number of aromatic hydroxyl groups is 2. The number of fused-ring (bicyclic) bond motifs is 1. The van der Waals surface area contributed by atoms with Gasteiger partial charge >= 0.3 is 0 Å². The van der Waals surface area contributed by atoms with Gasteiger partial charge in [0.15, 0.2) is 11.5 Å². The maximum absolute atomic E-state index is 12.5. The Labute approximate surface area is 122 Å². The van der Waals surface area contributed by atoms with Gasteiger partial charge in [0.1, 0.15) is 0 Å². The minimum Gasteiger partial charge on any atom is -0.504 e. The molecule has 2 aliphatic heterocycles. The van der Waals surface area contributed by atoms with E-state index in [2.05, 4.69) is 4.90 Å². The second kappa shape index (κ2) is 5.14. The van der Waals surface area contributed by atoms with Gasteiger partial charge in [0.25, 0.3) is 5.91 Å². The molecule has 20 heavy (non-hydrogen) atoms. The molecule has 108 valence electrons. The molecule has 5 nitrogen and oxygen atoms in total. The molecular weight excluding hydrogens is 280 g/mol. The summed E-state index contributed by atoms with van der Waals surface area (Å²) in [5.41, 5.74) is 0.316. The number of amides is 1. The molecule has 0 radical (unpaired) electrons. The number of benzene rings is 1. The number of piperazine rings is 1. The second-order valence-corrected chi connectivity index (χ2v) is 5.82. The highest BCUT2D eigenvalue weighted by Crippen LogP contribution is 2.34. The Bertz CT molecular complexity index is 526. The third-order valence-electron chi connectivity index (χ3n) is 4.16. The highest BCUT2D eigenvalue weighted by atomic mass is 35.5. The van der Waals surface area contributed by atoms with Crippen LogP contribution in [0.1, 0.15) is 23.2 Å². The molecule has 2 aliphatic rings. The summed E-state index contributed by atoms with van der Waals surface area (Å²) in [5.74, 6) is -0.891. The lowest BCUT2D eigenvalue weighted by Gasteiger charge is -2.37. The predicted molar refractivity (Wildman–Crippen MR) is 75.3 cm³/mol. The Balaban J connectivity index is 1.79. The molecule has 1 aromatic carbocycles. The maximum Gasteiger partial charge on any atom is 0.254 e. The summed E-state index contributed by atoms with van der Waals surface area (Å²) in [4.78, 5) is 16.7. The van der Waals surface area contributed by atoms with Crippen molar-refractivity contribution < 1.29 is 15.0 Å². The fraction of sp³-hybridized carbons (Fsp3) is 0.500. The van der Waals surface area contributed by atoms with Gasteiger partial charge in [0, 0.05) is 31.2 Å². The van der Waals surface area contributed by atoms with Gasteiger partial charge in [-0.3, -0.25) is 9.69 Å². The van der Waals surface area contributed by atoms with Crippen LogP contribution in [0.3, 0.4) is 0 Å². The lowest BCUT2D eigenvalue weighted by molar-refractivity contribution is 0.0571. The lowest BCUT2D eigenvalue weighted by atomic mass is 10.1. The van der Waals surface area contributed by atoms with Gasteiger partial charge in [-0.05, 0) is 31.5 Å². The number of phenols is 2. The van der Waals surface area contributed by atoms with Crippen LogP contribution < -0.4 is 0 Å². The van der Waals surface area contributed by atoms with Gasteiger partial charge in [-0.25, -0.2) is 0 Å². The van der Waals surface area contributed by atoms with Crippen molar-refractivity contribution in [2.45, 2.75) is 18.9 Å². The molecule has 2 N–H and O–H groups in total. The Hall–Kier alpha value is -1.46. The maximum atomic E-state index is 12.5. The van der Waals surface area contributed by atoms with Crippen LogP contribution in [0.2, 0.25) is 5.02 Å². The molecule has 3 rings (SSSR count). The van der Waals surface area contributed by atoms with E-state index < -0.39 is 0 Å². The number of halogens is 1. The average molecular weight is 297 g/mol. The van der Waals surface area contributed by atoms with E-state index in [1.165, 1.54) is 18.6 Å². The SMILES string of the molecule is O=C(c1cc(O)c(O)c(Cl)c1)N1CCN2CCC[C@H]2C1. The van der Waals surface area contributed by atoms with E-state index >= 15 is 0 Å². The van der Waals surface area contributed by atoms with E-state index in [1.54, 1.807) is 4.90 Å². The van der Waals surface area contributed by atoms with Crippen molar-refractivity contribution in [2.75, 3.05) is 26.2 Å². The molecule has 0 unspecified atom stereocenters. The molecule has 0 aromatic heterocycles. The van der Waals surface area contributed by atoms with Crippen LogP contribution in [0.4, 0.5) is 0 Å². The van der Waals surface area contributed by atoms with Gasteiger partial charge < -0.3 is 15.1 Å². The summed E-state index contributed by atoms with van der Waals surface area (Å²) in [7, 11) is 0. The molecule has 0 bridgehead atoms. The van der Waals surface area contributed by atoms with E-state index in [0.717, 1.165) is 26.1 Å². The van der Waals surface area contributed by atoms with E-state index in [1.807, 2.05) is 0 Å². The first-order valence-electron chi connectivity index (χ1n) is 6.81. The van der Waals surface area contributed by atoms with Crippen molar-refractivity contribution in [2.24, 2.45) is 0 Å².